The van der Waals surface area contributed by atoms with E-state index in [1.54, 1.807) is 12.1 Å². The Morgan fingerprint density at radius 1 is 0.750 bits per heavy atom. The van der Waals surface area contributed by atoms with E-state index in [0.717, 1.165) is 37.7 Å². The van der Waals surface area contributed by atoms with E-state index in [4.69, 9.17) is 4.74 Å². The van der Waals surface area contributed by atoms with Crippen LogP contribution in [-0.4, -0.2) is 0 Å². The molecule has 5 rings (SSSR count). The van der Waals surface area contributed by atoms with Gasteiger partial charge in [0.2, 0.25) is 0 Å². The molecule has 0 N–H and O–H groups in total. The highest BCUT2D eigenvalue weighted by Crippen LogP contribution is 2.46. The van der Waals surface area contributed by atoms with E-state index in [9.17, 15) is 4.39 Å². The number of hydrogen-bond donors (Lipinski definition) is 0. The van der Waals surface area contributed by atoms with E-state index < -0.39 is 5.60 Å². The fraction of sp³-hybridized carbons (Fsp3) is 0.0400. The minimum atomic E-state index is -0.821. The van der Waals surface area contributed by atoms with E-state index in [1.165, 1.54) is 12.1 Å². The van der Waals surface area contributed by atoms with Crippen LogP contribution in [0.5, 0.6) is 5.75 Å². The van der Waals surface area contributed by atoms with Gasteiger partial charge in [-0.2, -0.15) is 0 Å². The molecule has 28 heavy (non-hydrogen) atoms. The molecular formula is C25H16BrFO. The first kappa shape index (κ1) is 17.2. The summed E-state index contributed by atoms with van der Waals surface area (Å²) in [6.07, 6.45) is 4.14. The van der Waals surface area contributed by atoms with Crippen LogP contribution in [0, 0.1) is 5.82 Å². The number of halogens is 2. The molecule has 3 heteroatoms. The second-order valence-corrected chi connectivity index (χ2v) is 7.72. The van der Waals surface area contributed by atoms with E-state index in [1.807, 2.05) is 42.5 Å². The lowest BCUT2D eigenvalue weighted by atomic mass is 9.83. The quantitative estimate of drug-likeness (QED) is 0.329. The average Bonchev–Trinajstić information content (AvgIpc) is 2.75. The van der Waals surface area contributed by atoms with Crippen molar-refractivity contribution in [2.75, 3.05) is 0 Å². The lowest BCUT2D eigenvalue weighted by molar-refractivity contribution is 0.163. The Balaban J connectivity index is 1.78. The predicted molar refractivity (Wildman–Crippen MR) is 115 cm³/mol. The highest BCUT2D eigenvalue weighted by atomic mass is 79.9. The van der Waals surface area contributed by atoms with Crippen LogP contribution in [0.1, 0.15) is 16.7 Å². The minimum absolute atomic E-state index is 0.262. The summed E-state index contributed by atoms with van der Waals surface area (Å²) in [5.41, 5.74) is 2.07. The van der Waals surface area contributed by atoms with Gasteiger partial charge >= 0.3 is 0 Å². The van der Waals surface area contributed by atoms with Crippen LogP contribution in [0.25, 0.3) is 16.8 Å². The third-order valence-corrected chi connectivity index (χ3v) is 5.87. The summed E-state index contributed by atoms with van der Waals surface area (Å²) in [6.45, 7) is 0. The summed E-state index contributed by atoms with van der Waals surface area (Å²) in [4.78, 5) is 0. The van der Waals surface area contributed by atoms with Crippen molar-refractivity contribution in [3.8, 4) is 5.75 Å². The number of benzene rings is 4. The Bertz CT molecular complexity index is 1200. The highest BCUT2D eigenvalue weighted by Gasteiger charge is 2.37. The van der Waals surface area contributed by atoms with Gasteiger partial charge in [-0.25, -0.2) is 4.39 Å². The number of hydrogen-bond acceptors (Lipinski definition) is 1. The van der Waals surface area contributed by atoms with Crippen molar-refractivity contribution >= 4 is 32.8 Å². The second kappa shape index (κ2) is 6.61. The lowest BCUT2D eigenvalue weighted by Gasteiger charge is -2.36. The Morgan fingerprint density at radius 3 is 2.14 bits per heavy atom. The minimum Gasteiger partial charge on any atom is -0.472 e. The van der Waals surface area contributed by atoms with Crippen LogP contribution in [0.2, 0.25) is 0 Å². The van der Waals surface area contributed by atoms with Gasteiger partial charge in [0, 0.05) is 26.5 Å². The van der Waals surface area contributed by atoms with Gasteiger partial charge in [0.25, 0.3) is 0 Å². The maximum Gasteiger partial charge on any atom is 0.178 e. The van der Waals surface area contributed by atoms with Gasteiger partial charge in [-0.3, -0.25) is 0 Å². The van der Waals surface area contributed by atoms with Crippen molar-refractivity contribution in [2.45, 2.75) is 5.60 Å². The molecule has 0 saturated carbocycles. The molecule has 0 aromatic heterocycles. The van der Waals surface area contributed by atoms with Crippen LogP contribution >= 0.6 is 15.9 Å². The second-order valence-electron chi connectivity index (χ2n) is 6.87. The summed E-state index contributed by atoms with van der Waals surface area (Å²) >= 11 is 3.67. The van der Waals surface area contributed by atoms with Gasteiger partial charge in [0.05, 0.1) is 0 Å². The molecule has 1 unspecified atom stereocenters. The maximum atomic E-state index is 13.6. The fourth-order valence-corrected chi connectivity index (χ4v) is 4.42. The van der Waals surface area contributed by atoms with Crippen LogP contribution < -0.4 is 4.74 Å². The molecule has 0 spiro atoms. The molecule has 0 radical (unpaired) electrons. The molecule has 1 aliphatic heterocycles. The largest absolute Gasteiger partial charge is 0.472 e. The summed E-state index contributed by atoms with van der Waals surface area (Å²) in [5, 5.41) is 2.14. The SMILES string of the molecule is Fc1ccc(C2(c3ccccc3)C=Cc3cc(Br)c4ccccc4c3O2)cc1. The number of fused-ring (bicyclic) bond motifs is 3. The Kier molecular flexibility index (Phi) is 4.06. The van der Waals surface area contributed by atoms with E-state index in [0.29, 0.717) is 0 Å². The molecule has 1 atom stereocenters. The smallest absolute Gasteiger partial charge is 0.178 e. The third kappa shape index (κ3) is 2.66. The molecule has 0 amide bonds. The standard InChI is InChI=1S/C25H16BrFO/c26-23-16-17-14-15-25(18-6-2-1-3-7-18,19-10-12-20(27)13-11-19)28-24(17)22-9-5-4-8-21(22)23/h1-16H. The van der Waals surface area contributed by atoms with Crippen molar-refractivity contribution in [1.29, 1.82) is 0 Å². The van der Waals surface area contributed by atoms with E-state index in [-0.39, 0.29) is 5.82 Å². The monoisotopic (exact) mass is 430 g/mol. The molecule has 0 aliphatic carbocycles. The Morgan fingerprint density at radius 2 is 1.39 bits per heavy atom. The molecule has 0 bridgehead atoms. The lowest BCUT2D eigenvalue weighted by Crippen LogP contribution is -2.34. The average molecular weight is 431 g/mol. The zero-order chi connectivity index (χ0) is 19.1. The first-order valence-corrected chi connectivity index (χ1v) is 9.88. The molecule has 4 aromatic carbocycles. The molecule has 1 heterocycles. The Hall–Kier alpha value is -2.91. The molecule has 4 aromatic rings. The number of ether oxygens (including phenoxy) is 1. The molecule has 0 fully saturated rings. The van der Waals surface area contributed by atoms with Gasteiger partial charge in [0.15, 0.2) is 5.60 Å². The molecule has 136 valence electrons. The van der Waals surface area contributed by atoms with Gasteiger partial charge in [-0.05, 0) is 29.7 Å². The molecule has 1 aliphatic rings. The summed E-state index contributed by atoms with van der Waals surface area (Å²) < 4.78 is 21.4. The number of rotatable bonds is 2. The van der Waals surface area contributed by atoms with Gasteiger partial charge in [-0.15, -0.1) is 0 Å². The summed E-state index contributed by atoms with van der Waals surface area (Å²) in [6, 6.07) is 26.8. The predicted octanol–water partition coefficient (Wildman–Crippen LogP) is 7.09. The highest BCUT2D eigenvalue weighted by molar-refractivity contribution is 9.10. The Labute approximate surface area is 171 Å². The van der Waals surface area contributed by atoms with Gasteiger partial charge in [0.1, 0.15) is 11.6 Å². The van der Waals surface area contributed by atoms with Crippen LogP contribution in [-0.2, 0) is 5.60 Å². The van der Waals surface area contributed by atoms with Crippen LogP contribution in [0.3, 0.4) is 0 Å². The zero-order valence-corrected chi connectivity index (χ0v) is 16.5. The van der Waals surface area contributed by atoms with E-state index >= 15 is 0 Å². The first-order chi connectivity index (χ1) is 13.7. The fourth-order valence-electron chi connectivity index (χ4n) is 3.82. The normalized spacial score (nSPS) is 17.9. The summed E-state index contributed by atoms with van der Waals surface area (Å²) in [5.74, 6) is 0.566. The van der Waals surface area contributed by atoms with Crippen LogP contribution in [0.4, 0.5) is 4.39 Å². The molecular weight excluding hydrogens is 415 g/mol. The first-order valence-electron chi connectivity index (χ1n) is 9.08. The van der Waals surface area contributed by atoms with Crippen molar-refractivity contribution in [3.63, 3.8) is 0 Å². The maximum absolute atomic E-state index is 13.6. The molecule has 1 nitrogen and oxygen atoms in total. The van der Waals surface area contributed by atoms with Crippen molar-refractivity contribution in [1.82, 2.24) is 0 Å². The van der Waals surface area contributed by atoms with Gasteiger partial charge < -0.3 is 4.74 Å². The zero-order valence-electron chi connectivity index (χ0n) is 14.9. The topological polar surface area (TPSA) is 9.23 Å². The molecule has 0 saturated heterocycles. The third-order valence-electron chi connectivity index (χ3n) is 5.21. The van der Waals surface area contributed by atoms with E-state index in [2.05, 4.69) is 46.3 Å². The van der Waals surface area contributed by atoms with Crippen molar-refractivity contribution < 1.29 is 9.13 Å². The van der Waals surface area contributed by atoms with Crippen LogP contribution in [0.15, 0.2) is 95.5 Å². The van der Waals surface area contributed by atoms with Gasteiger partial charge in [-0.1, -0.05) is 88.7 Å². The van der Waals surface area contributed by atoms with Crippen molar-refractivity contribution in [3.05, 3.63) is 118 Å². The summed E-state index contributed by atoms with van der Waals surface area (Å²) in [7, 11) is 0. The van der Waals surface area contributed by atoms with Crippen molar-refractivity contribution in [2.24, 2.45) is 0 Å².